The van der Waals surface area contributed by atoms with E-state index in [2.05, 4.69) is 19.2 Å². The largest absolute Gasteiger partial charge is 0.482 e. The van der Waals surface area contributed by atoms with Gasteiger partial charge in [0.05, 0.1) is 5.02 Å². The molecule has 1 aromatic heterocycles. The molecule has 23 heavy (non-hydrogen) atoms. The van der Waals surface area contributed by atoms with Crippen LogP contribution in [0.4, 0.5) is 0 Å². The molecule has 1 heterocycles. The molecule has 0 fully saturated rings. The maximum Gasteiger partial charge on any atom is 0.336 e. The van der Waals surface area contributed by atoms with Gasteiger partial charge in [0.2, 0.25) is 0 Å². The van der Waals surface area contributed by atoms with Crippen molar-refractivity contribution in [2.24, 2.45) is 5.92 Å². The molecule has 0 saturated carbocycles. The van der Waals surface area contributed by atoms with Gasteiger partial charge in [0.1, 0.15) is 11.3 Å². The Hall–Kier alpha value is -2.01. The topological polar surface area (TPSA) is 68.5 Å². The Bertz CT molecular complexity index is 767. The van der Waals surface area contributed by atoms with E-state index in [1.54, 1.807) is 13.0 Å². The van der Waals surface area contributed by atoms with Gasteiger partial charge in [-0.05, 0) is 30.9 Å². The van der Waals surface area contributed by atoms with Crippen molar-refractivity contribution < 1.29 is 13.9 Å². The zero-order chi connectivity index (χ0) is 17.0. The van der Waals surface area contributed by atoms with Crippen molar-refractivity contribution >= 4 is 28.5 Å². The Balaban J connectivity index is 2.07. The zero-order valence-electron chi connectivity index (χ0n) is 13.4. The minimum absolute atomic E-state index is 0.140. The monoisotopic (exact) mass is 337 g/mol. The molecule has 0 bridgehead atoms. The van der Waals surface area contributed by atoms with Crippen molar-refractivity contribution in [2.45, 2.75) is 27.2 Å². The van der Waals surface area contributed by atoms with Gasteiger partial charge in [0, 0.05) is 24.1 Å². The summed E-state index contributed by atoms with van der Waals surface area (Å²) in [5.74, 6) is 0.622. The van der Waals surface area contributed by atoms with E-state index in [4.69, 9.17) is 20.8 Å². The number of aryl methyl sites for hydroxylation is 1. The number of hydrogen-bond acceptors (Lipinski definition) is 4. The number of rotatable bonds is 6. The Morgan fingerprint density at radius 3 is 2.78 bits per heavy atom. The molecule has 2 rings (SSSR count). The van der Waals surface area contributed by atoms with Crippen LogP contribution in [-0.2, 0) is 4.79 Å². The van der Waals surface area contributed by atoms with E-state index in [1.807, 2.05) is 0 Å². The van der Waals surface area contributed by atoms with Crippen LogP contribution in [0.3, 0.4) is 0 Å². The number of amides is 1. The van der Waals surface area contributed by atoms with Crippen LogP contribution in [0.25, 0.3) is 11.0 Å². The highest BCUT2D eigenvalue weighted by Gasteiger charge is 2.11. The Labute approximate surface area is 139 Å². The molecule has 124 valence electrons. The summed E-state index contributed by atoms with van der Waals surface area (Å²) in [6.07, 6.45) is 0.910. The van der Waals surface area contributed by atoms with Crippen molar-refractivity contribution in [1.29, 1.82) is 0 Å². The number of nitrogens with one attached hydrogen (secondary N) is 1. The average Bonchev–Trinajstić information content (AvgIpc) is 2.45. The fraction of sp³-hybridized carbons (Fsp3) is 0.412. The number of carbonyl (C=O) groups is 1. The van der Waals surface area contributed by atoms with Crippen LogP contribution in [-0.4, -0.2) is 19.1 Å². The predicted octanol–water partition coefficient (Wildman–Crippen LogP) is 3.30. The lowest BCUT2D eigenvalue weighted by molar-refractivity contribution is -0.123. The first kappa shape index (κ1) is 17.3. The second kappa shape index (κ2) is 7.51. The molecule has 6 heteroatoms. The van der Waals surface area contributed by atoms with E-state index < -0.39 is 5.63 Å². The molecule has 0 atom stereocenters. The predicted molar refractivity (Wildman–Crippen MR) is 90.2 cm³/mol. The quantitative estimate of drug-likeness (QED) is 0.821. The first-order valence-corrected chi connectivity index (χ1v) is 7.88. The molecule has 0 aliphatic carbocycles. The lowest BCUT2D eigenvalue weighted by Crippen LogP contribution is -2.30. The third-order valence-electron chi connectivity index (χ3n) is 3.41. The zero-order valence-corrected chi connectivity index (χ0v) is 14.2. The molecule has 0 aliphatic heterocycles. The maximum absolute atomic E-state index is 11.7. The lowest BCUT2D eigenvalue weighted by atomic mass is 10.1. The molecule has 5 nitrogen and oxygen atoms in total. The van der Waals surface area contributed by atoms with Crippen molar-refractivity contribution in [3.8, 4) is 5.75 Å². The standard InChI is InChI=1S/C17H20ClNO4/c1-10(2)4-5-19-16(20)9-22-15-8-14-12(7-13(15)18)11(3)6-17(21)23-14/h6-8,10H,4-5,9H2,1-3H3,(H,19,20). The molecule has 1 aromatic carbocycles. The van der Waals surface area contributed by atoms with Crippen LogP contribution in [0.15, 0.2) is 27.4 Å². The maximum atomic E-state index is 11.7. The van der Waals surface area contributed by atoms with Gasteiger partial charge < -0.3 is 14.5 Å². The number of benzene rings is 1. The third-order valence-corrected chi connectivity index (χ3v) is 3.70. The summed E-state index contributed by atoms with van der Waals surface area (Å²) >= 11 is 6.17. The summed E-state index contributed by atoms with van der Waals surface area (Å²) in [4.78, 5) is 23.2. The Morgan fingerprint density at radius 2 is 2.09 bits per heavy atom. The second-order valence-electron chi connectivity index (χ2n) is 5.85. The van der Waals surface area contributed by atoms with Crippen molar-refractivity contribution in [3.05, 3.63) is 39.2 Å². The van der Waals surface area contributed by atoms with E-state index in [1.165, 1.54) is 12.1 Å². The highest BCUT2D eigenvalue weighted by molar-refractivity contribution is 6.32. The number of hydrogen-bond donors (Lipinski definition) is 1. The Kier molecular flexibility index (Phi) is 5.66. The van der Waals surface area contributed by atoms with Gasteiger partial charge in [-0.2, -0.15) is 0 Å². The van der Waals surface area contributed by atoms with Crippen molar-refractivity contribution in [1.82, 2.24) is 5.32 Å². The SMILES string of the molecule is Cc1cc(=O)oc2cc(OCC(=O)NCCC(C)C)c(Cl)cc12. The second-order valence-corrected chi connectivity index (χ2v) is 6.26. The van der Waals surface area contributed by atoms with E-state index in [0.29, 0.717) is 28.8 Å². The molecule has 0 unspecified atom stereocenters. The van der Waals surface area contributed by atoms with Crippen LogP contribution < -0.4 is 15.7 Å². The van der Waals surface area contributed by atoms with E-state index in [-0.39, 0.29) is 12.5 Å². The highest BCUT2D eigenvalue weighted by atomic mass is 35.5. The average molecular weight is 338 g/mol. The van der Waals surface area contributed by atoms with E-state index in [0.717, 1.165) is 17.4 Å². The minimum atomic E-state index is -0.435. The number of ether oxygens (including phenoxy) is 1. The van der Waals surface area contributed by atoms with E-state index in [9.17, 15) is 9.59 Å². The first-order chi connectivity index (χ1) is 10.9. The van der Waals surface area contributed by atoms with Gasteiger partial charge in [-0.3, -0.25) is 4.79 Å². The van der Waals surface area contributed by atoms with Crippen LogP contribution >= 0.6 is 11.6 Å². The molecular weight excluding hydrogens is 318 g/mol. The third kappa shape index (κ3) is 4.73. The van der Waals surface area contributed by atoms with Gasteiger partial charge in [0.15, 0.2) is 6.61 Å². The van der Waals surface area contributed by atoms with Crippen LogP contribution in [0.1, 0.15) is 25.8 Å². The smallest absolute Gasteiger partial charge is 0.336 e. The summed E-state index contributed by atoms with van der Waals surface area (Å²) in [5.41, 5.74) is 0.723. The normalized spacial score (nSPS) is 11.0. The van der Waals surface area contributed by atoms with Gasteiger partial charge in [-0.15, -0.1) is 0 Å². The number of carbonyl (C=O) groups excluding carboxylic acids is 1. The molecule has 0 spiro atoms. The molecular formula is C17H20ClNO4. The summed E-state index contributed by atoms with van der Waals surface area (Å²) in [6, 6.07) is 4.61. The van der Waals surface area contributed by atoms with Gasteiger partial charge in [-0.1, -0.05) is 25.4 Å². The van der Waals surface area contributed by atoms with E-state index >= 15 is 0 Å². The molecule has 1 amide bonds. The first-order valence-electron chi connectivity index (χ1n) is 7.50. The van der Waals surface area contributed by atoms with Crippen LogP contribution in [0, 0.1) is 12.8 Å². The minimum Gasteiger partial charge on any atom is -0.482 e. The highest BCUT2D eigenvalue weighted by Crippen LogP contribution is 2.30. The summed E-state index contributed by atoms with van der Waals surface area (Å²) in [6.45, 7) is 6.46. The lowest BCUT2D eigenvalue weighted by Gasteiger charge is -2.11. The van der Waals surface area contributed by atoms with Gasteiger partial charge in [0.25, 0.3) is 5.91 Å². The van der Waals surface area contributed by atoms with Crippen molar-refractivity contribution in [3.63, 3.8) is 0 Å². The summed E-state index contributed by atoms with van der Waals surface area (Å²) in [5, 5.41) is 3.88. The van der Waals surface area contributed by atoms with Crippen LogP contribution in [0.2, 0.25) is 5.02 Å². The molecule has 1 N–H and O–H groups in total. The molecule has 0 radical (unpaired) electrons. The number of fused-ring (bicyclic) bond motifs is 1. The fourth-order valence-corrected chi connectivity index (χ4v) is 2.34. The summed E-state index contributed by atoms with van der Waals surface area (Å²) < 4.78 is 10.6. The molecule has 0 saturated heterocycles. The fourth-order valence-electron chi connectivity index (χ4n) is 2.12. The van der Waals surface area contributed by atoms with Crippen molar-refractivity contribution in [2.75, 3.05) is 13.2 Å². The van der Waals surface area contributed by atoms with Crippen LogP contribution in [0.5, 0.6) is 5.75 Å². The molecule has 0 aliphatic rings. The summed E-state index contributed by atoms with van der Waals surface area (Å²) in [7, 11) is 0. The van der Waals surface area contributed by atoms with Gasteiger partial charge >= 0.3 is 5.63 Å². The van der Waals surface area contributed by atoms with Gasteiger partial charge in [-0.25, -0.2) is 4.79 Å². The Morgan fingerprint density at radius 1 is 1.35 bits per heavy atom. The number of halogens is 1. The molecule has 2 aromatic rings.